The van der Waals surface area contributed by atoms with Crippen molar-refractivity contribution in [2.45, 2.75) is 26.5 Å². The van der Waals surface area contributed by atoms with Crippen molar-refractivity contribution in [3.8, 4) is 11.5 Å². The minimum atomic E-state index is -0.645. The third-order valence-corrected chi connectivity index (χ3v) is 5.91. The molecular formula is C29H26FN3O6. The topological polar surface area (TPSA) is 111 Å². The van der Waals surface area contributed by atoms with Crippen LogP contribution in [0.4, 0.5) is 14.9 Å². The van der Waals surface area contributed by atoms with Gasteiger partial charge in [0.05, 0.1) is 18.1 Å². The van der Waals surface area contributed by atoms with E-state index in [2.05, 4.69) is 11.9 Å². The van der Waals surface area contributed by atoms with E-state index in [9.17, 15) is 24.1 Å². The van der Waals surface area contributed by atoms with Gasteiger partial charge in [0.1, 0.15) is 18.1 Å². The van der Waals surface area contributed by atoms with E-state index < -0.39 is 22.7 Å². The van der Waals surface area contributed by atoms with Gasteiger partial charge in [-0.2, -0.15) is 0 Å². The Morgan fingerprint density at radius 3 is 2.49 bits per heavy atom. The maximum Gasteiger partial charge on any atom is 0.329 e. The number of carbonyl (C=O) groups is 2. The average molecular weight is 532 g/mol. The maximum absolute atomic E-state index is 14.1. The van der Waals surface area contributed by atoms with Crippen LogP contribution in [0, 0.1) is 15.9 Å². The molecular weight excluding hydrogens is 505 g/mol. The molecule has 39 heavy (non-hydrogen) atoms. The predicted molar refractivity (Wildman–Crippen MR) is 142 cm³/mol. The summed E-state index contributed by atoms with van der Waals surface area (Å²) in [5.41, 5.74) is 2.29. The van der Waals surface area contributed by atoms with Crippen LogP contribution in [0.3, 0.4) is 0 Å². The number of amides is 3. The Labute approximate surface area is 224 Å². The van der Waals surface area contributed by atoms with Crippen molar-refractivity contribution in [3.63, 3.8) is 0 Å². The molecule has 4 rings (SSSR count). The molecule has 0 atom stereocenters. The van der Waals surface area contributed by atoms with Crippen LogP contribution in [0.1, 0.15) is 29.2 Å². The molecule has 3 aromatic carbocycles. The minimum absolute atomic E-state index is 0.0143. The predicted octanol–water partition coefficient (Wildman–Crippen LogP) is 5.53. The molecule has 1 saturated heterocycles. The Balaban J connectivity index is 1.60. The van der Waals surface area contributed by atoms with Crippen molar-refractivity contribution in [2.75, 3.05) is 6.61 Å². The lowest BCUT2D eigenvalue weighted by Crippen LogP contribution is -2.30. The molecule has 3 amide bonds. The molecule has 1 aliphatic rings. The number of nitro groups is 1. The Hall–Kier alpha value is -4.99. The summed E-state index contributed by atoms with van der Waals surface area (Å²) in [6.45, 7) is 5.91. The summed E-state index contributed by atoms with van der Waals surface area (Å²) in [5, 5.41) is 13.5. The van der Waals surface area contributed by atoms with Crippen molar-refractivity contribution in [1.29, 1.82) is 0 Å². The molecule has 200 valence electrons. The third kappa shape index (κ3) is 6.30. The zero-order valence-electron chi connectivity index (χ0n) is 21.2. The van der Waals surface area contributed by atoms with Crippen LogP contribution >= 0.6 is 0 Å². The molecule has 0 saturated carbocycles. The van der Waals surface area contributed by atoms with Crippen LogP contribution in [-0.4, -0.2) is 28.4 Å². The Kier molecular flexibility index (Phi) is 8.35. The number of halogens is 1. The van der Waals surface area contributed by atoms with Crippen molar-refractivity contribution < 1.29 is 28.4 Å². The summed E-state index contributed by atoms with van der Waals surface area (Å²) in [7, 11) is 0. The Morgan fingerprint density at radius 1 is 1.08 bits per heavy atom. The van der Waals surface area contributed by atoms with Gasteiger partial charge >= 0.3 is 6.03 Å². The molecule has 0 aromatic heterocycles. The van der Waals surface area contributed by atoms with E-state index >= 15 is 0 Å². The summed E-state index contributed by atoms with van der Waals surface area (Å²) in [6.07, 6.45) is 3.64. The first-order chi connectivity index (χ1) is 18.8. The number of rotatable bonds is 11. The SMILES string of the molecule is C=CCc1cc(/C=C2/NC(=O)N(Cc3ccccc3F)C2=O)cc(OCC)c1OCc1ccc([N+](=O)[O-])cc1. The largest absolute Gasteiger partial charge is 0.490 e. The van der Waals surface area contributed by atoms with Gasteiger partial charge in [-0.1, -0.05) is 24.3 Å². The fourth-order valence-electron chi connectivity index (χ4n) is 4.05. The van der Waals surface area contributed by atoms with Crippen LogP contribution in [0.15, 0.2) is 79.0 Å². The molecule has 9 nitrogen and oxygen atoms in total. The van der Waals surface area contributed by atoms with E-state index in [1.807, 2.05) is 6.92 Å². The summed E-state index contributed by atoms with van der Waals surface area (Å²) < 4.78 is 26.0. The van der Waals surface area contributed by atoms with Gasteiger partial charge in [0, 0.05) is 23.3 Å². The molecule has 0 unspecified atom stereocenters. The van der Waals surface area contributed by atoms with Crippen molar-refractivity contribution in [2.24, 2.45) is 0 Å². The molecule has 0 spiro atoms. The maximum atomic E-state index is 14.1. The monoisotopic (exact) mass is 531 g/mol. The van der Waals surface area contributed by atoms with Crippen LogP contribution in [0.2, 0.25) is 0 Å². The zero-order chi connectivity index (χ0) is 27.9. The van der Waals surface area contributed by atoms with E-state index in [-0.39, 0.29) is 30.1 Å². The fraction of sp³-hybridized carbons (Fsp3) is 0.172. The summed E-state index contributed by atoms with van der Waals surface area (Å²) >= 11 is 0. The fourth-order valence-corrected chi connectivity index (χ4v) is 4.05. The molecule has 1 N–H and O–H groups in total. The lowest BCUT2D eigenvalue weighted by atomic mass is 10.0. The number of hydrogen-bond donors (Lipinski definition) is 1. The summed E-state index contributed by atoms with van der Waals surface area (Å²) in [4.78, 5) is 36.9. The first-order valence-electron chi connectivity index (χ1n) is 12.2. The molecule has 0 bridgehead atoms. The summed E-state index contributed by atoms with van der Waals surface area (Å²) in [5.74, 6) is -0.189. The number of benzene rings is 3. The second-order valence-electron chi connectivity index (χ2n) is 8.62. The highest BCUT2D eigenvalue weighted by Gasteiger charge is 2.34. The number of hydrogen-bond acceptors (Lipinski definition) is 6. The standard InChI is InChI=1S/C29H26FN3O6/c1-3-7-21-14-20(15-25-28(34)32(29(35)31-25)17-22-8-5-6-9-24(22)30)16-26(38-4-2)27(21)39-18-19-10-12-23(13-11-19)33(36)37/h3,5-6,8-16H,1,4,7,17-18H2,2H3,(H,31,35)/b25-15+. The van der Waals surface area contributed by atoms with Crippen molar-refractivity contribution in [1.82, 2.24) is 10.2 Å². The van der Waals surface area contributed by atoms with Crippen LogP contribution < -0.4 is 14.8 Å². The Morgan fingerprint density at radius 2 is 1.82 bits per heavy atom. The van der Waals surface area contributed by atoms with Gasteiger partial charge < -0.3 is 14.8 Å². The number of nitrogens with zero attached hydrogens (tertiary/aromatic N) is 2. The molecule has 3 aromatic rings. The highest BCUT2D eigenvalue weighted by molar-refractivity contribution is 6.13. The number of nitro benzene ring substituents is 1. The van der Waals surface area contributed by atoms with Gasteiger partial charge in [0.25, 0.3) is 11.6 Å². The molecule has 0 radical (unpaired) electrons. The summed E-state index contributed by atoms with van der Waals surface area (Å²) in [6, 6.07) is 14.8. The third-order valence-electron chi connectivity index (χ3n) is 5.91. The number of non-ortho nitro benzene ring substituents is 1. The molecule has 0 aliphatic carbocycles. The highest BCUT2D eigenvalue weighted by Crippen LogP contribution is 2.35. The average Bonchev–Trinajstić information content (AvgIpc) is 3.17. The Bertz CT molecular complexity index is 1450. The van der Waals surface area contributed by atoms with Crippen LogP contribution in [0.5, 0.6) is 11.5 Å². The minimum Gasteiger partial charge on any atom is -0.490 e. The van der Waals surface area contributed by atoms with Crippen LogP contribution in [-0.2, 0) is 24.4 Å². The normalized spacial score (nSPS) is 13.9. The molecule has 10 heteroatoms. The number of ether oxygens (including phenoxy) is 2. The lowest BCUT2D eigenvalue weighted by Gasteiger charge is -2.17. The van der Waals surface area contributed by atoms with E-state index in [1.54, 1.807) is 36.4 Å². The van der Waals surface area contributed by atoms with Crippen molar-refractivity contribution in [3.05, 3.63) is 117 Å². The number of urea groups is 1. The van der Waals surface area contributed by atoms with E-state index in [0.29, 0.717) is 30.1 Å². The first kappa shape index (κ1) is 27.1. The van der Waals surface area contributed by atoms with Gasteiger partial charge in [-0.3, -0.25) is 19.8 Å². The van der Waals surface area contributed by atoms with Gasteiger partial charge in [-0.15, -0.1) is 6.58 Å². The number of nitrogens with one attached hydrogen (secondary N) is 1. The molecule has 1 fully saturated rings. The number of allylic oxidation sites excluding steroid dienone is 1. The van der Waals surface area contributed by atoms with E-state index in [1.165, 1.54) is 36.4 Å². The highest BCUT2D eigenvalue weighted by atomic mass is 19.1. The van der Waals surface area contributed by atoms with E-state index in [4.69, 9.17) is 9.47 Å². The van der Waals surface area contributed by atoms with Crippen molar-refractivity contribution >= 4 is 23.7 Å². The van der Waals surface area contributed by atoms with Gasteiger partial charge in [-0.05, 0) is 60.9 Å². The smallest absolute Gasteiger partial charge is 0.329 e. The zero-order valence-corrected chi connectivity index (χ0v) is 21.2. The second-order valence-corrected chi connectivity index (χ2v) is 8.62. The number of imide groups is 1. The van der Waals surface area contributed by atoms with Crippen LogP contribution in [0.25, 0.3) is 6.08 Å². The van der Waals surface area contributed by atoms with E-state index in [0.717, 1.165) is 16.0 Å². The molecule has 1 aliphatic heterocycles. The molecule has 1 heterocycles. The lowest BCUT2D eigenvalue weighted by molar-refractivity contribution is -0.384. The van der Waals surface area contributed by atoms with Gasteiger partial charge in [-0.25, -0.2) is 9.18 Å². The number of carbonyl (C=O) groups excluding carboxylic acids is 2. The first-order valence-corrected chi connectivity index (χ1v) is 12.2. The quantitative estimate of drug-likeness (QED) is 0.114. The van der Waals surface area contributed by atoms with Gasteiger partial charge in [0.15, 0.2) is 11.5 Å². The second kappa shape index (κ2) is 12.0. The van der Waals surface area contributed by atoms with Gasteiger partial charge in [0.2, 0.25) is 0 Å².